The first-order valence-corrected chi connectivity index (χ1v) is 13.7. The van der Waals surface area contributed by atoms with E-state index in [4.69, 9.17) is 9.97 Å². The zero-order valence-corrected chi connectivity index (χ0v) is 23.0. The molecule has 4 nitrogen and oxygen atoms in total. The minimum Gasteiger partial charge on any atom is -0.217 e. The van der Waals surface area contributed by atoms with Gasteiger partial charge in [0.15, 0.2) is 17.8 Å². The summed E-state index contributed by atoms with van der Waals surface area (Å²) >= 11 is 0. The van der Waals surface area contributed by atoms with E-state index in [1.54, 1.807) is 6.07 Å². The van der Waals surface area contributed by atoms with Gasteiger partial charge in [-0.1, -0.05) is 71.2 Å². The Labute approximate surface area is 220 Å². The van der Waals surface area contributed by atoms with E-state index in [0.717, 1.165) is 22.8 Å². The lowest BCUT2D eigenvalue weighted by atomic mass is 9.80. The van der Waals surface area contributed by atoms with Gasteiger partial charge in [-0.3, -0.25) is 0 Å². The Balaban J connectivity index is 1.67. The quantitative estimate of drug-likeness (QED) is 0.263. The van der Waals surface area contributed by atoms with Gasteiger partial charge in [0.25, 0.3) is 0 Å². The first-order chi connectivity index (χ1) is 17.7. The van der Waals surface area contributed by atoms with Gasteiger partial charge < -0.3 is 0 Å². The van der Waals surface area contributed by atoms with Crippen molar-refractivity contribution in [2.24, 2.45) is 7.05 Å². The first kappa shape index (κ1) is 25.4. The smallest absolute Gasteiger partial charge is 0.217 e. The molecule has 1 aliphatic rings. The summed E-state index contributed by atoms with van der Waals surface area (Å²) in [5, 5.41) is 2.52. The number of hydrogen-bond donors (Lipinski definition) is 0. The zero-order valence-electron chi connectivity index (χ0n) is 23.0. The van der Waals surface area contributed by atoms with Crippen LogP contribution in [0.4, 0.5) is 4.39 Å². The second-order valence-corrected chi connectivity index (χ2v) is 11.2. The van der Waals surface area contributed by atoms with Gasteiger partial charge >= 0.3 is 0 Å². The molecule has 0 N–H and O–H groups in total. The van der Waals surface area contributed by atoms with Crippen LogP contribution < -0.4 is 4.57 Å². The highest BCUT2D eigenvalue weighted by molar-refractivity contribution is 5.94. The third-order valence-corrected chi connectivity index (χ3v) is 7.80. The van der Waals surface area contributed by atoms with E-state index in [2.05, 4.69) is 69.9 Å². The molecule has 2 aromatic carbocycles. The molecule has 1 fully saturated rings. The molecule has 0 amide bonds. The Morgan fingerprint density at radius 2 is 1.49 bits per heavy atom. The van der Waals surface area contributed by atoms with Gasteiger partial charge in [0.05, 0.1) is 11.1 Å². The maximum Gasteiger partial charge on any atom is 0.248 e. The summed E-state index contributed by atoms with van der Waals surface area (Å²) < 4.78 is 18.0. The van der Waals surface area contributed by atoms with Crippen LogP contribution >= 0.6 is 0 Å². The van der Waals surface area contributed by atoms with Crippen LogP contribution in [-0.2, 0) is 7.05 Å². The largest absolute Gasteiger partial charge is 0.248 e. The average Bonchev–Trinajstić information content (AvgIpc) is 2.89. The molecule has 2 heterocycles. The minimum atomic E-state index is -0.259. The molecule has 37 heavy (non-hydrogen) atoms. The van der Waals surface area contributed by atoms with E-state index >= 15 is 4.39 Å². The molecule has 0 radical (unpaired) electrons. The summed E-state index contributed by atoms with van der Waals surface area (Å²) in [5.41, 5.74) is 4.71. The van der Waals surface area contributed by atoms with E-state index < -0.39 is 0 Å². The number of halogens is 1. The lowest BCUT2D eigenvalue weighted by Gasteiger charge is -2.25. The lowest BCUT2D eigenvalue weighted by Crippen LogP contribution is -2.32. The predicted molar refractivity (Wildman–Crippen MR) is 148 cm³/mol. The van der Waals surface area contributed by atoms with Crippen molar-refractivity contribution in [1.82, 2.24) is 15.0 Å². The maximum absolute atomic E-state index is 16.1. The van der Waals surface area contributed by atoms with Crippen molar-refractivity contribution in [1.29, 1.82) is 0 Å². The van der Waals surface area contributed by atoms with Crippen molar-refractivity contribution in [2.75, 3.05) is 0 Å². The van der Waals surface area contributed by atoms with Crippen LogP contribution in [0.5, 0.6) is 0 Å². The number of hydrogen-bond acceptors (Lipinski definition) is 3. The number of aryl methyl sites for hydroxylation is 2. The highest BCUT2D eigenvalue weighted by Crippen LogP contribution is 2.41. The van der Waals surface area contributed by atoms with Crippen molar-refractivity contribution in [3.63, 3.8) is 0 Å². The molecule has 2 aromatic heterocycles. The maximum atomic E-state index is 16.1. The average molecular weight is 498 g/mol. The fourth-order valence-electron chi connectivity index (χ4n) is 5.73. The highest BCUT2D eigenvalue weighted by atomic mass is 19.1. The van der Waals surface area contributed by atoms with Crippen molar-refractivity contribution in [3.05, 3.63) is 71.2 Å². The molecule has 0 bridgehead atoms. The van der Waals surface area contributed by atoms with E-state index in [1.165, 1.54) is 48.4 Å². The first-order valence-electron chi connectivity index (χ1n) is 13.7. The molecular weight excluding hydrogens is 459 g/mol. The highest BCUT2D eigenvalue weighted by Gasteiger charge is 2.26. The molecule has 1 aliphatic carbocycles. The van der Waals surface area contributed by atoms with Gasteiger partial charge in [0.1, 0.15) is 18.7 Å². The molecule has 5 rings (SSSR count). The van der Waals surface area contributed by atoms with Crippen molar-refractivity contribution in [2.45, 2.75) is 84.5 Å². The van der Waals surface area contributed by atoms with Crippen LogP contribution in [-0.4, -0.2) is 15.0 Å². The molecule has 0 aliphatic heterocycles. The summed E-state index contributed by atoms with van der Waals surface area (Å²) in [5.74, 6) is 2.60. The van der Waals surface area contributed by atoms with Crippen molar-refractivity contribution >= 4 is 10.8 Å². The van der Waals surface area contributed by atoms with E-state index in [0.29, 0.717) is 23.0 Å². The zero-order chi connectivity index (χ0) is 26.3. The third-order valence-electron chi connectivity index (χ3n) is 7.80. The molecule has 1 saturated carbocycles. The van der Waals surface area contributed by atoms with Crippen LogP contribution in [0.1, 0.15) is 100 Å². The summed E-state index contributed by atoms with van der Waals surface area (Å²) in [6.07, 6.45) is 8.21. The van der Waals surface area contributed by atoms with Crippen LogP contribution in [0.3, 0.4) is 0 Å². The van der Waals surface area contributed by atoms with Crippen LogP contribution in [0.25, 0.3) is 33.4 Å². The Bertz CT molecular complexity index is 1400. The third kappa shape index (κ3) is 4.88. The number of aromatic nitrogens is 4. The van der Waals surface area contributed by atoms with Gasteiger partial charge in [-0.15, -0.1) is 0 Å². The van der Waals surface area contributed by atoms with Gasteiger partial charge in [0.2, 0.25) is 5.69 Å². The normalized spacial score (nSPS) is 14.7. The number of benzene rings is 2. The van der Waals surface area contributed by atoms with Gasteiger partial charge in [0, 0.05) is 11.8 Å². The summed E-state index contributed by atoms with van der Waals surface area (Å²) in [6.45, 7) is 10.4. The summed E-state index contributed by atoms with van der Waals surface area (Å²) in [4.78, 5) is 14.0. The summed E-state index contributed by atoms with van der Waals surface area (Å²) in [6, 6.07) is 12.5. The molecular formula is C32H38FN4+. The van der Waals surface area contributed by atoms with Gasteiger partial charge in [-0.05, 0) is 59.7 Å². The van der Waals surface area contributed by atoms with E-state index in [1.807, 2.05) is 17.8 Å². The molecule has 192 valence electrons. The van der Waals surface area contributed by atoms with Crippen LogP contribution in [0, 0.1) is 12.7 Å². The Hall–Kier alpha value is -3.21. The second kappa shape index (κ2) is 10.3. The Morgan fingerprint density at radius 1 is 0.865 bits per heavy atom. The van der Waals surface area contributed by atoms with Crippen LogP contribution in [0.15, 0.2) is 42.6 Å². The predicted octanol–water partition coefficient (Wildman–Crippen LogP) is 7.93. The number of fused-ring (bicyclic) bond motifs is 1. The monoisotopic (exact) mass is 497 g/mol. The van der Waals surface area contributed by atoms with E-state index in [-0.39, 0.29) is 17.7 Å². The number of pyridine rings is 1. The van der Waals surface area contributed by atoms with Crippen LogP contribution in [0.2, 0.25) is 0 Å². The Morgan fingerprint density at radius 3 is 2.08 bits per heavy atom. The second-order valence-electron chi connectivity index (χ2n) is 11.2. The molecule has 0 unspecified atom stereocenters. The standard InChI is InChI=1S/C32H38FN4/c1-19(2)30-34-31(20(3)4)36-32(35-30)23-16-28(33)29(37(6)18-23)26-17-27(22-12-8-7-9-13-22)25-15-11-10-14-24(25)21(26)5/h10-11,14-20,22H,7-9,12-13H2,1-6H3/q+1. The summed E-state index contributed by atoms with van der Waals surface area (Å²) in [7, 11) is 1.92. The molecule has 0 spiro atoms. The van der Waals surface area contributed by atoms with E-state index in [9.17, 15) is 0 Å². The fourth-order valence-corrected chi connectivity index (χ4v) is 5.73. The molecule has 0 saturated heterocycles. The Kier molecular flexibility index (Phi) is 7.06. The SMILES string of the molecule is Cc1c(-c2c(F)cc(-c3nc(C(C)C)nc(C(C)C)n3)c[n+]2C)cc(C2CCCCC2)c2ccccc12. The van der Waals surface area contributed by atoms with Crippen molar-refractivity contribution < 1.29 is 8.96 Å². The fraction of sp³-hybridized carbons (Fsp3) is 0.438. The van der Waals surface area contributed by atoms with Gasteiger partial charge in [-0.2, -0.15) is 8.96 Å². The number of nitrogens with zero attached hydrogens (tertiary/aromatic N) is 4. The minimum absolute atomic E-state index is 0.163. The molecule has 0 atom stereocenters. The van der Waals surface area contributed by atoms with Crippen molar-refractivity contribution in [3.8, 4) is 22.6 Å². The molecule has 5 heteroatoms. The topological polar surface area (TPSA) is 42.6 Å². The van der Waals surface area contributed by atoms with Gasteiger partial charge in [-0.25, -0.2) is 15.0 Å². The number of rotatable bonds is 5. The molecule has 4 aromatic rings. The lowest BCUT2D eigenvalue weighted by molar-refractivity contribution is -0.661.